The lowest BCUT2D eigenvalue weighted by Gasteiger charge is -2.23. The van der Waals surface area contributed by atoms with Gasteiger partial charge in [0.2, 0.25) is 5.91 Å². The largest absolute Gasteiger partial charge is 0.462 e. The van der Waals surface area contributed by atoms with E-state index in [0.29, 0.717) is 47.4 Å². The fourth-order valence-corrected chi connectivity index (χ4v) is 3.80. The molecule has 1 amide bonds. The maximum atomic E-state index is 12.8. The molecule has 1 saturated heterocycles. The molecule has 0 bridgehead atoms. The second kappa shape index (κ2) is 9.94. The van der Waals surface area contributed by atoms with Gasteiger partial charge in [0.25, 0.3) is 0 Å². The summed E-state index contributed by atoms with van der Waals surface area (Å²) in [5.74, 6) is 0.409. The molecule has 6 nitrogen and oxygen atoms in total. The second-order valence-electron chi connectivity index (χ2n) is 6.72. The van der Waals surface area contributed by atoms with Crippen LogP contribution in [-0.2, 0) is 16.0 Å². The number of nitrogens with zero attached hydrogens (tertiary/aromatic N) is 3. The Morgan fingerprint density at radius 1 is 1.07 bits per heavy atom. The van der Waals surface area contributed by atoms with Crippen LogP contribution in [0.2, 0.25) is 10.0 Å². The number of benzene rings is 1. The summed E-state index contributed by atoms with van der Waals surface area (Å²) < 4.78 is 4.98. The van der Waals surface area contributed by atoms with Crippen LogP contribution in [0.15, 0.2) is 36.5 Å². The van der Waals surface area contributed by atoms with Crippen molar-refractivity contribution in [3.63, 3.8) is 0 Å². The molecule has 1 aliphatic heterocycles. The molecule has 0 spiro atoms. The molecule has 154 valence electrons. The van der Waals surface area contributed by atoms with Crippen LogP contribution in [0.1, 0.15) is 29.3 Å². The SMILES string of the molecule is CCOC(=O)c1ccc(N2CCCN(C(=O)Cc3c(Cl)cccc3Cl)CC2)nc1. The molecule has 8 heteroatoms. The van der Waals surface area contributed by atoms with Crippen molar-refractivity contribution in [3.05, 3.63) is 57.7 Å². The van der Waals surface area contributed by atoms with E-state index < -0.39 is 0 Å². The van der Waals surface area contributed by atoms with Crippen LogP contribution in [0.3, 0.4) is 0 Å². The number of carbonyl (C=O) groups is 2. The van der Waals surface area contributed by atoms with E-state index in [-0.39, 0.29) is 18.3 Å². The normalized spacial score (nSPS) is 14.4. The first-order chi connectivity index (χ1) is 14.0. The van der Waals surface area contributed by atoms with E-state index in [1.54, 1.807) is 31.2 Å². The number of halogens is 2. The minimum absolute atomic E-state index is 0.00691. The molecule has 0 aliphatic carbocycles. The molecule has 0 atom stereocenters. The maximum absolute atomic E-state index is 12.8. The van der Waals surface area contributed by atoms with Crippen LogP contribution < -0.4 is 4.90 Å². The molecule has 0 N–H and O–H groups in total. The lowest BCUT2D eigenvalue weighted by Crippen LogP contribution is -2.36. The van der Waals surface area contributed by atoms with Gasteiger partial charge >= 0.3 is 5.97 Å². The summed E-state index contributed by atoms with van der Waals surface area (Å²) in [5.41, 5.74) is 1.09. The molecule has 2 heterocycles. The van der Waals surface area contributed by atoms with Gasteiger partial charge in [0.15, 0.2) is 0 Å². The van der Waals surface area contributed by atoms with Gasteiger partial charge in [-0.25, -0.2) is 9.78 Å². The lowest BCUT2D eigenvalue weighted by atomic mass is 10.1. The number of amides is 1. The number of pyridine rings is 1. The third-order valence-electron chi connectivity index (χ3n) is 4.82. The number of esters is 1. The Hall–Kier alpha value is -2.31. The number of aromatic nitrogens is 1. The Labute approximate surface area is 180 Å². The Balaban J connectivity index is 1.61. The maximum Gasteiger partial charge on any atom is 0.339 e. The monoisotopic (exact) mass is 435 g/mol. The van der Waals surface area contributed by atoms with Crippen molar-refractivity contribution in [3.8, 4) is 0 Å². The second-order valence-corrected chi connectivity index (χ2v) is 7.54. The van der Waals surface area contributed by atoms with E-state index in [1.165, 1.54) is 6.20 Å². The topological polar surface area (TPSA) is 62.7 Å². The predicted octanol–water partition coefficient (Wildman–Crippen LogP) is 3.85. The number of anilines is 1. The summed E-state index contributed by atoms with van der Waals surface area (Å²) in [6.07, 6.45) is 2.54. The zero-order chi connectivity index (χ0) is 20.8. The first kappa shape index (κ1) is 21.4. The van der Waals surface area contributed by atoms with E-state index in [9.17, 15) is 9.59 Å². The van der Waals surface area contributed by atoms with Gasteiger partial charge < -0.3 is 14.5 Å². The van der Waals surface area contributed by atoms with Gasteiger partial charge in [-0.1, -0.05) is 29.3 Å². The van der Waals surface area contributed by atoms with Crippen molar-refractivity contribution in [1.82, 2.24) is 9.88 Å². The standard InChI is InChI=1S/C21H23Cl2N3O3/c1-2-29-21(28)15-7-8-19(24-14-15)25-9-4-10-26(12-11-25)20(27)13-16-17(22)5-3-6-18(16)23/h3,5-8,14H,2,4,9-13H2,1H3. The molecule has 0 saturated carbocycles. The molecule has 1 aliphatic rings. The van der Waals surface area contributed by atoms with Crippen LogP contribution in [-0.4, -0.2) is 54.5 Å². The number of hydrogen-bond acceptors (Lipinski definition) is 5. The average molecular weight is 436 g/mol. The van der Waals surface area contributed by atoms with Gasteiger partial charge in [0, 0.05) is 42.4 Å². The third-order valence-corrected chi connectivity index (χ3v) is 5.53. The van der Waals surface area contributed by atoms with Gasteiger partial charge in [-0.3, -0.25) is 4.79 Å². The van der Waals surface area contributed by atoms with Crippen LogP contribution in [0.25, 0.3) is 0 Å². The molecule has 1 aromatic carbocycles. The molecule has 1 fully saturated rings. The zero-order valence-electron chi connectivity index (χ0n) is 16.2. The van der Waals surface area contributed by atoms with Crippen molar-refractivity contribution in [2.75, 3.05) is 37.7 Å². The fraction of sp³-hybridized carbons (Fsp3) is 0.381. The summed E-state index contributed by atoms with van der Waals surface area (Å²) in [6.45, 7) is 4.79. The lowest BCUT2D eigenvalue weighted by molar-refractivity contribution is -0.130. The number of rotatable bonds is 5. The molecular weight excluding hydrogens is 413 g/mol. The van der Waals surface area contributed by atoms with Gasteiger partial charge in [0.05, 0.1) is 18.6 Å². The highest BCUT2D eigenvalue weighted by atomic mass is 35.5. The predicted molar refractivity (Wildman–Crippen MR) is 114 cm³/mol. The van der Waals surface area contributed by atoms with Gasteiger partial charge in [-0.15, -0.1) is 0 Å². The van der Waals surface area contributed by atoms with Crippen molar-refractivity contribution in [2.24, 2.45) is 0 Å². The van der Waals surface area contributed by atoms with E-state index in [1.807, 2.05) is 11.0 Å². The Kier molecular flexibility index (Phi) is 7.34. The number of carbonyl (C=O) groups excluding carboxylic acids is 2. The van der Waals surface area contributed by atoms with Crippen LogP contribution >= 0.6 is 23.2 Å². The number of ether oxygens (including phenoxy) is 1. The Morgan fingerprint density at radius 3 is 2.48 bits per heavy atom. The minimum atomic E-state index is -0.377. The first-order valence-electron chi connectivity index (χ1n) is 9.58. The van der Waals surface area contributed by atoms with Gasteiger partial charge in [-0.05, 0) is 43.2 Å². The summed E-state index contributed by atoms with van der Waals surface area (Å²) in [6, 6.07) is 8.78. The van der Waals surface area contributed by atoms with Crippen LogP contribution in [0.5, 0.6) is 0 Å². The molecule has 0 radical (unpaired) electrons. The summed E-state index contributed by atoms with van der Waals surface area (Å²) in [5, 5.41) is 1.02. The summed E-state index contributed by atoms with van der Waals surface area (Å²) in [7, 11) is 0. The summed E-state index contributed by atoms with van der Waals surface area (Å²) in [4.78, 5) is 32.9. The molecule has 2 aromatic rings. The van der Waals surface area contributed by atoms with E-state index in [2.05, 4.69) is 9.88 Å². The molecule has 1 aromatic heterocycles. The van der Waals surface area contributed by atoms with Crippen LogP contribution in [0.4, 0.5) is 5.82 Å². The Bertz CT molecular complexity index is 854. The van der Waals surface area contributed by atoms with E-state index >= 15 is 0 Å². The first-order valence-corrected chi connectivity index (χ1v) is 10.3. The van der Waals surface area contributed by atoms with Gasteiger partial charge in [-0.2, -0.15) is 0 Å². The van der Waals surface area contributed by atoms with Crippen molar-refractivity contribution >= 4 is 40.9 Å². The van der Waals surface area contributed by atoms with Crippen molar-refractivity contribution in [1.29, 1.82) is 0 Å². The smallest absolute Gasteiger partial charge is 0.339 e. The number of hydrogen-bond donors (Lipinski definition) is 0. The quantitative estimate of drug-likeness (QED) is 0.667. The zero-order valence-corrected chi connectivity index (χ0v) is 17.7. The average Bonchev–Trinajstić information content (AvgIpc) is 2.97. The molecule has 3 rings (SSSR count). The van der Waals surface area contributed by atoms with Crippen LogP contribution in [0, 0.1) is 0 Å². The highest BCUT2D eigenvalue weighted by Gasteiger charge is 2.22. The third kappa shape index (κ3) is 5.40. The molecular formula is C21H23Cl2N3O3. The highest BCUT2D eigenvalue weighted by Crippen LogP contribution is 2.25. The molecule has 0 unspecified atom stereocenters. The minimum Gasteiger partial charge on any atom is -0.462 e. The van der Waals surface area contributed by atoms with Crippen molar-refractivity contribution < 1.29 is 14.3 Å². The highest BCUT2D eigenvalue weighted by molar-refractivity contribution is 6.36. The van der Waals surface area contributed by atoms with Gasteiger partial charge in [0.1, 0.15) is 5.82 Å². The van der Waals surface area contributed by atoms with E-state index in [0.717, 1.165) is 18.8 Å². The molecule has 29 heavy (non-hydrogen) atoms. The Morgan fingerprint density at radius 2 is 1.83 bits per heavy atom. The summed E-state index contributed by atoms with van der Waals surface area (Å²) >= 11 is 12.4. The fourth-order valence-electron chi connectivity index (χ4n) is 3.27. The van der Waals surface area contributed by atoms with E-state index in [4.69, 9.17) is 27.9 Å². The van der Waals surface area contributed by atoms with Crippen molar-refractivity contribution in [2.45, 2.75) is 19.8 Å².